The molecular weight excluding hydrogens is 354 g/mol. The topological polar surface area (TPSA) is 3.88 Å². The quantitative estimate of drug-likeness (QED) is 0.525. The van der Waals surface area contributed by atoms with Crippen molar-refractivity contribution >= 4 is 0 Å². The van der Waals surface area contributed by atoms with Crippen LogP contribution >= 0.6 is 0 Å². The fourth-order valence-electron chi connectivity index (χ4n) is 1.94. The number of nitrogens with zero attached hydrogens (tertiary/aromatic N) is 1. The Morgan fingerprint density at radius 1 is 1.20 bits per heavy atom. The first-order valence-electron chi connectivity index (χ1n) is 5.16. The molecule has 0 N–H and O–H groups in total. The normalized spacial score (nSPS) is 10.8. The number of hydrogen-bond donors (Lipinski definition) is 0. The molecule has 84 valence electrons. The van der Waals surface area contributed by atoms with Crippen molar-refractivity contribution in [2.45, 2.75) is 47.0 Å². The van der Waals surface area contributed by atoms with Crippen molar-refractivity contribution in [3.05, 3.63) is 35.6 Å². The summed E-state index contributed by atoms with van der Waals surface area (Å²) in [6.45, 7) is 13.3. The number of hydrogen-bond acceptors (Lipinski definition) is 0. The summed E-state index contributed by atoms with van der Waals surface area (Å²) in [4.78, 5) is 0. The monoisotopic (exact) mass is 375 g/mol. The molecule has 1 rings (SSSR count). The molecule has 0 saturated heterocycles. The van der Waals surface area contributed by atoms with Crippen LogP contribution in [0, 0.1) is 13.0 Å². The van der Waals surface area contributed by atoms with Gasteiger partial charge in [-0.2, -0.15) is 0 Å². The van der Waals surface area contributed by atoms with Gasteiger partial charge in [0.05, 0.1) is 17.9 Å². The van der Waals surface area contributed by atoms with E-state index in [1.807, 2.05) is 0 Å². The molecule has 1 aromatic heterocycles. The van der Waals surface area contributed by atoms with Gasteiger partial charge in [0.1, 0.15) is 0 Å². The van der Waals surface area contributed by atoms with Crippen molar-refractivity contribution in [1.29, 1.82) is 0 Å². The first-order valence-corrected chi connectivity index (χ1v) is 5.16. The predicted molar refractivity (Wildman–Crippen MR) is 60.1 cm³/mol. The van der Waals surface area contributed by atoms with Crippen LogP contribution in [-0.4, -0.2) is 0 Å². The summed E-state index contributed by atoms with van der Waals surface area (Å²) in [5, 5.41) is 0. The van der Waals surface area contributed by atoms with E-state index in [9.17, 15) is 0 Å². The van der Waals surface area contributed by atoms with Crippen LogP contribution in [-0.2, 0) is 26.5 Å². The molecule has 0 aliphatic rings. The van der Waals surface area contributed by atoms with Gasteiger partial charge in [-0.1, -0.05) is 32.9 Å². The van der Waals surface area contributed by atoms with Crippen LogP contribution in [0.15, 0.2) is 18.3 Å². The Bertz CT molecular complexity index is 324. The van der Waals surface area contributed by atoms with E-state index in [-0.39, 0.29) is 26.5 Å². The summed E-state index contributed by atoms with van der Waals surface area (Å²) in [6, 6.07) is 5.61. The van der Waals surface area contributed by atoms with E-state index >= 15 is 0 Å². The Balaban J connectivity index is 0.00000196. The molecule has 0 amide bonds. The third-order valence-corrected chi connectivity index (χ3v) is 2.39. The van der Waals surface area contributed by atoms with E-state index in [0.29, 0.717) is 0 Å². The Morgan fingerprint density at radius 3 is 2.07 bits per heavy atom. The van der Waals surface area contributed by atoms with E-state index in [2.05, 4.69) is 64.4 Å². The molecule has 0 aromatic carbocycles. The molecule has 0 atom stereocenters. The van der Waals surface area contributed by atoms with Crippen molar-refractivity contribution < 1.29 is 25.6 Å². The molecule has 0 bridgehead atoms. The van der Waals surface area contributed by atoms with Crippen LogP contribution in [0.1, 0.15) is 45.9 Å². The second-order valence-electron chi connectivity index (χ2n) is 5.11. The van der Waals surface area contributed by atoms with Gasteiger partial charge in [-0.3, -0.25) is 0 Å². The zero-order valence-electron chi connectivity index (χ0n) is 10.6. The van der Waals surface area contributed by atoms with Crippen LogP contribution in [0.2, 0.25) is 0 Å². The summed E-state index contributed by atoms with van der Waals surface area (Å²) < 4.78 is 2.29. The third-order valence-electron chi connectivity index (χ3n) is 2.39. The van der Waals surface area contributed by atoms with Crippen LogP contribution in [0.4, 0.5) is 0 Å². The van der Waals surface area contributed by atoms with Gasteiger partial charge in [0.15, 0.2) is 0 Å². The van der Waals surface area contributed by atoms with Gasteiger partial charge in [0.2, 0.25) is 0 Å². The minimum atomic E-state index is 0. The van der Waals surface area contributed by atoms with Gasteiger partial charge in [0.25, 0.3) is 0 Å². The minimum Gasteiger partial charge on any atom is -0.331 e. The van der Waals surface area contributed by atoms with Crippen molar-refractivity contribution in [1.82, 2.24) is 0 Å². The van der Waals surface area contributed by atoms with E-state index < -0.39 is 0 Å². The second kappa shape index (κ2) is 5.16. The fourth-order valence-corrected chi connectivity index (χ4v) is 1.94. The van der Waals surface area contributed by atoms with Crippen molar-refractivity contribution in [2.75, 3.05) is 0 Å². The molecule has 2 heteroatoms. The second-order valence-corrected chi connectivity index (χ2v) is 5.11. The van der Waals surface area contributed by atoms with Crippen molar-refractivity contribution in [2.24, 2.45) is 0 Å². The average molecular weight is 375 g/mol. The van der Waals surface area contributed by atoms with Gasteiger partial charge in [0, 0.05) is 26.5 Å². The Hall–Kier alpha value is -0.292. The molecule has 0 saturated carbocycles. The molecule has 0 fully saturated rings. The summed E-state index contributed by atoms with van der Waals surface area (Å²) >= 11 is 0. The van der Waals surface area contributed by atoms with Crippen molar-refractivity contribution in [3.63, 3.8) is 0 Å². The fraction of sp³-hybridized carbons (Fsp3) is 0.538. The number of rotatable bonds is 1. The van der Waals surface area contributed by atoms with Gasteiger partial charge in [-0.15, -0.1) is 0 Å². The molecule has 15 heavy (non-hydrogen) atoms. The zero-order valence-corrected chi connectivity index (χ0v) is 13.5. The standard InChI is InChI=1S/C13H21N.W/c1-10(2)14-9-7-8-11(3)12(14)13(4,5)6;/h7-9H,1-6H3;. The SMILES string of the molecule is Cc1ccc[n+]([C-](C)C)c1C(C)(C)C.[W]. The first-order chi connectivity index (χ1) is 6.34. The summed E-state index contributed by atoms with van der Waals surface area (Å²) in [7, 11) is 0. The molecule has 0 aliphatic heterocycles. The largest absolute Gasteiger partial charge is 0.331 e. The summed E-state index contributed by atoms with van der Waals surface area (Å²) in [5.74, 6) is 0. The van der Waals surface area contributed by atoms with Crippen LogP contribution in [0.25, 0.3) is 0 Å². The molecule has 1 aromatic rings. The molecule has 0 radical (unpaired) electrons. The van der Waals surface area contributed by atoms with E-state index in [1.54, 1.807) is 0 Å². The van der Waals surface area contributed by atoms with Crippen LogP contribution in [0.5, 0.6) is 0 Å². The van der Waals surface area contributed by atoms with Gasteiger partial charge < -0.3 is 4.57 Å². The van der Waals surface area contributed by atoms with Crippen LogP contribution in [0.3, 0.4) is 0 Å². The molecular formula is C13H21NW. The Labute approximate surface area is 108 Å². The van der Waals surface area contributed by atoms with Gasteiger partial charge >= 0.3 is 0 Å². The zero-order chi connectivity index (χ0) is 10.9. The number of aromatic nitrogens is 1. The maximum atomic E-state index is 2.29. The first kappa shape index (κ1) is 14.7. The number of aryl methyl sites for hydroxylation is 1. The predicted octanol–water partition coefficient (Wildman–Crippen LogP) is 3.00. The smallest absolute Gasteiger partial charge is 0.0904 e. The molecule has 1 heterocycles. The Morgan fingerprint density at radius 2 is 1.73 bits per heavy atom. The maximum Gasteiger partial charge on any atom is 0.0904 e. The molecule has 1 nitrogen and oxygen atoms in total. The van der Waals surface area contributed by atoms with Gasteiger partial charge in [-0.25, -0.2) is 0 Å². The van der Waals surface area contributed by atoms with E-state index in [0.717, 1.165) is 0 Å². The van der Waals surface area contributed by atoms with Gasteiger partial charge in [-0.05, 0) is 26.3 Å². The maximum absolute atomic E-state index is 2.29. The number of pyridine rings is 1. The minimum absolute atomic E-state index is 0. The molecule has 0 unspecified atom stereocenters. The van der Waals surface area contributed by atoms with Crippen LogP contribution < -0.4 is 4.57 Å². The third kappa shape index (κ3) is 3.34. The summed E-state index contributed by atoms with van der Waals surface area (Å²) in [5.41, 5.74) is 2.96. The Kier molecular flexibility index (Phi) is 5.06. The van der Waals surface area contributed by atoms with Crippen molar-refractivity contribution in [3.8, 4) is 0 Å². The summed E-state index contributed by atoms with van der Waals surface area (Å²) in [6.07, 6.45) is 2.14. The molecule has 0 aliphatic carbocycles. The van der Waals surface area contributed by atoms with E-state index in [1.165, 1.54) is 17.3 Å². The van der Waals surface area contributed by atoms with E-state index in [4.69, 9.17) is 0 Å². The average Bonchev–Trinajstić information content (AvgIpc) is 2.01. The molecule has 0 spiro atoms.